The fourth-order valence-electron chi connectivity index (χ4n) is 3.08. The number of imide groups is 1. The molecule has 1 aliphatic rings. The molecule has 0 unspecified atom stereocenters. The Morgan fingerprint density at radius 1 is 1.04 bits per heavy atom. The van der Waals surface area contributed by atoms with Crippen LogP contribution in [0.5, 0.6) is 0 Å². The van der Waals surface area contributed by atoms with Crippen LogP contribution in [-0.4, -0.2) is 36.0 Å². The molecule has 2 aromatic carbocycles. The molecule has 2 atom stereocenters. The van der Waals surface area contributed by atoms with Crippen molar-refractivity contribution in [2.75, 3.05) is 13.2 Å². The molecule has 0 radical (unpaired) electrons. The smallest absolute Gasteiger partial charge is 0.324 e. The van der Waals surface area contributed by atoms with Gasteiger partial charge in [-0.1, -0.05) is 60.7 Å². The van der Waals surface area contributed by atoms with E-state index in [4.69, 9.17) is 4.74 Å². The van der Waals surface area contributed by atoms with Crippen molar-refractivity contribution in [3.8, 4) is 0 Å². The van der Waals surface area contributed by atoms with Gasteiger partial charge in [-0.25, -0.2) is 4.79 Å². The summed E-state index contributed by atoms with van der Waals surface area (Å²) in [4.78, 5) is 25.9. The summed E-state index contributed by atoms with van der Waals surface area (Å²) in [5.41, 5.74) is 2.15. The van der Waals surface area contributed by atoms with Gasteiger partial charge in [0.2, 0.25) is 0 Å². The second kappa shape index (κ2) is 8.63. The lowest BCUT2D eigenvalue weighted by atomic mass is 10.1. The molecule has 3 rings (SSSR count). The molecule has 0 aromatic heterocycles. The monoisotopic (exact) mass is 352 g/mol. The zero-order chi connectivity index (χ0) is 18.4. The third-order valence-electron chi connectivity index (χ3n) is 4.55. The molecule has 0 aliphatic carbocycles. The van der Waals surface area contributed by atoms with Crippen molar-refractivity contribution >= 4 is 11.9 Å². The summed E-state index contributed by atoms with van der Waals surface area (Å²) >= 11 is 0. The molecule has 1 heterocycles. The van der Waals surface area contributed by atoms with Gasteiger partial charge in [0.25, 0.3) is 5.91 Å². The fraction of sp³-hybridized carbons (Fsp3) is 0.333. The number of amides is 3. The number of carbonyl (C=O) groups excluding carboxylic acids is 2. The standard InChI is InChI=1S/C21H24N2O3/c1-16(18-11-6-3-7-12-18)26-14-8-13-23-20(24)19(22-21(23)25)15-17-9-4-2-5-10-17/h2-7,9-12,16,19H,8,13-15H2,1H3,(H,22,25)/t16-,19+/m0/s1. The van der Waals surface area contributed by atoms with Crippen molar-refractivity contribution in [3.63, 3.8) is 0 Å². The molecular weight excluding hydrogens is 328 g/mol. The van der Waals surface area contributed by atoms with Crippen LogP contribution in [0.1, 0.15) is 30.6 Å². The number of nitrogens with one attached hydrogen (secondary N) is 1. The Labute approximate surface area is 154 Å². The maximum Gasteiger partial charge on any atom is 0.324 e. The number of benzene rings is 2. The number of rotatable bonds is 8. The van der Waals surface area contributed by atoms with Gasteiger partial charge in [-0.15, -0.1) is 0 Å². The van der Waals surface area contributed by atoms with Crippen LogP contribution in [-0.2, 0) is 16.0 Å². The first-order valence-corrected chi connectivity index (χ1v) is 8.97. The first-order valence-electron chi connectivity index (χ1n) is 8.97. The molecule has 1 N–H and O–H groups in total. The Kier molecular flexibility index (Phi) is 6.02. The van der Waals surface area contributed by atoms with Crippen molar-refractivity contribution in [3.05, 3.63) is 71.8 Å². The predicted molar refractivity (Wildman–Crippen MR) is 99.6 cm³/mol. The van der Waals surface area contributed by atoms with Gasteiger partial charge in [0.05, 0.1) is 6.10 Å². The van der Waals surface area contributed by atoms with E-state index in [-0.39, 0.29) is 18.0 Å². The number of ether oxygens (including phenoxy) is 1. The van der Waals surface area contributed by atoms with Crippen LogP contribution < -0.4 is 5.32 Å². The fourth-order valence-corrected chi connectivity index (χ4v) is 3.08. The molecule has 136 valence electrons. The normalized spacial score (nSPS) is 18.0. The summed E-state index contributed by atoms with van der Waals surface area (Å²) in [6.45, 7) is 2.87. The number of carbonyl (C=O) groups is 2. The number of urea groups is 1. The Hall–Kier alpha value is -2.66. The summed E-state index contributed by atoms with van der Waals surface area (Å²) in [5, 5.41) is 2.77. The first kappa shape index (κ1) is 18.1. The van der Waals surface area contributed by atoms with Crippen molar-refractivity contribution in [1.29, 1.82) is 0 Å². The summed E-state index contributed by atoms with van der Waals surface area (Å²) in [5.74, 6) is -0.157. The lowest BCUT2D eigenvalue weighted by molar-refractivity contribution is -0.127. The van der Waals surface area contributed by atoms with Gasteiger partial charge in [0.15, 0.2) is 0 Å². The van der Waals surface area contributed by atoms with Crippen molar-refractivity contribution in [1.82, 2.24) is 10.2 Å². The van der Waals surface area contributed by atoms with Crippen LogP contribution in [0, 0.1) is 0 Å². The lowest BCUT2D eigenvalue weighted by Gasteiger charge is -2.16. The minimum absolute atomic E-state index is 0.00913. The summed E-state index contributed by atoms with van der Waals surface area (Å²) in [6.07, 6.45) is 1.13. The van der Waals surface area contributed by atoms with Gasteiger partial charge in [-0.05, 0) is 24.5 Å². The molecule has 1 saturated heterocycles. The maximum atomic E-state index is 12.5. The Bertz CT molecular complexity index is 733. The summed E-state index contributed by atoms with van der Waals surface area (Å²) in [6, 6.07) is 18.9. The van der Waals surface area contributed by atoms with Crippen molar-refractivity contribution in [2.45, 2.75) is 31.9 Å². The molecule has 0 bridgehead atoms. The Morgan fingerprint density at radius 2 is 1.69 bits per heavy atom. The summed E-state index contributed by atoms with van der Waals surface area (Å²) in [7, 11) is 0. The van der Waals surface area contributed by atoms with E-state index in [1.54, 1.807) is 0 Å². The van der Waals surface area contributed by atoms with Gasteiger partial charge in [0, 0.05) is 19.6 Å². The van der Waals surface area contributed by atoms with Crippen LogP contribution in [0.15, 0.2) is 60.7 Å². The third kappa shape index (κ3) is 4.49. The van der Waals surface area contributed by atoms with Crippen molar-refractivity contribution < 1.29 is 14.3 Å². The van der Waals surface area contributed by atoms with Gasteiger partial charge in [0.1, 0.15) is 6.04 Å². The van der Waals surface area contributed by atoms with Crippen molar-refractivity contribution in [2.24, 2.45) is 0 Å². The molecule has 1 aliphatic heterocycles. The summed E-state index contributed by atoms with van der Waals surface area (Å²) < 4.78 is 5.81. The van der Waals surface area contributed by atoms with E-state index in [0.29, 0.717) is 26.0 Å². The molecule has 26 heavy (non-hydrogen) atoms. The average molecular weight is 352 g/mol. The molecule has 0 spiro atoms. The molecule has 5 heteroatoms. The zero-order valence-electron chi connectivity index (χ0n) is 14.9. The molecular formula is C21H24N2O3. The molecule has 2 aromatic rings. The highest BCUT2D eigenvalue weighted by Crippen LogP contribution is 2.17. The molecule has 5 nitrogen and oxygen atoms in total. The van der Waals surface area contributed by atoms with Crippen LogP contribution in [0.2, 0.25) is 0 Å². The largest absolute Gasteiger partial charge is 0.374 e. The Balaban J connectivity index is 1.45. The minimum Gasteiger partial charge on any atom is -0.374 e. The Morgan fingerprint density at radius 3 is 2.38 bits per heavy atom. The number of nitrogens with zero attached hydrogens (tertiary/aromatic N) is 1. The van der Waals surface area contributed by atoms with E-state index >= 15 is 0 Å². The highest BCUT2D eigenvalue weighted by atomic mass is 16.5. The van der Waals surface area contributed by atoms with Crippen LogP contribution >= 0.6 is 0 Å². The van der Waals surface area contributed by atoms with E-state index in [1.165, 1.54) is 4.90 Å². The van der Waals surface area contributed by atoms with Crippen LogP contribution in [0.25, 0.3) is 0 Å². The second-order valence-corrected chi connectivity index (χ2v) is 6.46. The third-order valence-corrected chi connectivity index (χ3v) is 4.55. The topological polar surface area (TPSA) is 58.6 Å². The molecule has 0 saturated carbocycles. The predicted octanol–water partition coefficient (Wildman–Crippen LogP) is 3.32. The maximum absolute atomic E-state index is 12.5. The molecule has 3 amide bonds. The zero-order valence-corrected chi connectivity index (χ0v) is 14.9. The molecule has 1 fully saturated rings. The minimum atomic E-state index is -0.478. The van der Waals surface area contributed by atoms with E-state index in [1.807, 2.05) is 67.6 Å². The quantitative estimate of drug-likeness (QED) is 0.586. The van der Waals surface area contributed by atoms with Crippen LogP contribution in [0.3, 0.4) is 0 Å². The van der Waals surface area contributed by atoms with Gasteiger partial charge in [-0.3, -0.25) is 9.69 Å². The van der Waals surface area contributed by atoms with E-state index < -0.39 is 6.04 Å². The number of hydrogen-bond donors (Lipinski definition) is 1. The van der Waals surface area contributed by atoms with Gasteiger partial charge < -0.3 is 10.1 Å². The van der Waals surface area contributed by atoms with Gasteiger partial charge >= 0.3 is 6.03 Å². The van der Waals surface area contributed by atoms with Gasteiger partial charge in [-0.2, -0.15) is 0 Å². The first-order chi connectivity index (χ1) is 12.6. The van der Waals surface area contributed by atoms with E-state index in [0.717, 1.165) is 11.1 Å². The lowest BCUT2D eigenvalue weighted by Crippen LogP contribution is -2.33. The average Bonchev–Trinajstić information content (AvgIpc) is 2.93. The van der Waals surface area contributed by atoms with E-state index in [9.17, 15) is 9.59 Å². The van der Waals surface area contributed by atoms with E-state index in [2.05, 4.69) is 5.32 Å². The van der Waals surface area contributed by atoms with Crippen LogP contribution in [0.4, 0.5) is 4.79 Å². The highest BCUT2D eigenvalue weighted by molar-refractivity contribution is 6.04. The highest BCUT2D eigenvalue weighted by Gasteiger charge is 2.37. The second-order valence-electron chi connectivity index (χ2n) is 6.46. The number of hydrogen-bond acceptors (Lipinski definition) is 3. The SMILES string of the molecule is C[C@H](OCCCN1C(=O)N[C@H](Cc2ccccc2)C1=O)c1ccccc1.